The van der Waals surface area contributed by atoms with Crippen molar-refractivity contribution in [3.05, 3.63) is 45.7 Å². The smallest absolute Gasteiger partial charge is 0.185 e. The average Bonchev–Trinajstić information content (AvgIpc) is 2.47. The average molecular weight is 359 g/mol. The molecule has 106 valence electrons. The molecule has 1 aromatic heterocycles. The molecule has 0 radical (unpaired) electrons. The van der Waals surface area contributed by atoms with Crippen LogP contribution in [-0.4, -0.2) is 19.2 Å². The van der Waals surface area contributed by atoms with Crippen molar-refractivity contribution in [1.29, 1.82) is 0 Å². The Morgan fingerprint density at radius 3 is 2.65 bits per heavy atom. The first kappa shape index (κ1) is 14.9. The van der Waals surface area contributed by atoms with E-state index in [-0.39, 0.29) is 6.61 Å². The first-order valence-corrected chi connectivity index (χ1v) is 6.96. The van der Waals surface area contributed by atoms with Crippen molar-refractivity contribution in [2.75, 3.05) is 14.2 Å². The zero-order chi connectivity index (χ0) is 14.5. The van der Waals surface area contributed by atoms with Gasteiger partial charge in [0.15, 0.2) is 11.5 Å². The fraction of sp³-hybridized carbons (Fsp3) is 0.214. The van der Waals surface area contributed by atoms with Crippen molar-refractivity contribution in [3.63, 3.8) is 0 Å². The highest BCUT2D eigenvalue weighted by Crippen LogP contribution is 2.32. The highest BCUT2D eigenvalue weighted by atomic mass is 79.9. The highest BCUT2D eigenvalue weighted by molar-refractivity contribution is 9.10. The second kappa shape index (κ2) is 6.81. The summed E-state index contributed by atoms with van der Waals surface area (Å²) in [6.45, 7) is 0.233. The Hall–Kier alpha value is -1.46. The van der Waals surface area contributed by atoms with Crippen molar-refractivity contribution < 1.29 is 14.2 Å². The molecule has 20 heavy (non-hydrogen) atoms. The minimum atomic E-state index is 0.233. The molecule has 0 unspecified atom stereocenters. The molecular formula is C14H13BrClNO3. The van der Waals surface area contributed by atoms with E-state index in [0.29, 0.717) is 28.0 Å². The van der Waals surface area contributed by atoms with Gasteiger partial charge in [-0.1, -0.05) is 27.5 Å². The van der Waals surface area contributed by atoms with Gasteiger partial charge in [0.2, 0.25) is 0 Å². The van der Waals surface area contributed by atoms with Gasteiger partial charge in [-0.2, -0.15) is 0 Å². The molecule has 0 saturated heterocycles. The molecule has 0 aliphatic carbocycles. The van der Waals surface area contributed by atoms with E-state index < -0.39 is 0 Å². The maximum atomic E-state index is 6.07. The van der Waals surface area contributed by atoms with Crippen LogP contribution in [0, 0.1) is 0 Å². The van der Waals surface area contributed by atoms with E-state index in [1.54, 1.807) is 38.6 Å². The molecule has 2 rings (SSSR count). The van der Waals surface area contributed by atoms with Gasteiger partial charge in [0.05, 0.1) is 19.2 Å². The van der Waals surface area contributed by atoms with Gasteiger partial charge in [0.1, 0.15) is 18.1 Å². The number of hydrogen-bond acceptors (Lipinski definition) is 4. The Bertz CT molecular complexity index is 607. The van der Waals surface area contributed by atoms with Crippen LogP contribution >= 0.6 is 27.5 Å². The quantitative estimate of drug-likeness (QED) is 0.807. The number of aromatic nitrogens is 1. The molecule has 0 N–H and O–H groups in total. The lowest BCUT2D eigenvalue weighted by Crippen LogP contribution is -2.03. The molecule has 0 aliphatic heterocycles. The van der Waals surface area contributed by atoms with E-state index in [9.17, 15) is 0 Å². The van der Waals surface area contributed by atoms with Crippen molar-refractivity contribution in [2.45, 2.75) is 6.61 Å². The lowest BCUT2D eigenvalue weighted by atomic mass is 10.3. The Balaban J connectivity index is 2.20. The van der Waals surface area contributed by atoms with Gasteiger partial charge in [-0.25, -0.2) is 0 Å². The highest BCUT2D eigenvalue weighted by Gasteiger charge is 2.12. The second-order valence-electron chi connectivity index (χ2n) is 3.86. The Morgan fingerprint density at radius 1 is 1.15 bits per heavy atom. The van der Waals surface area contributed by atoms with Gasteiger partial charge < -0.3 is 14.2 Å². The van der Waals surface area contributed by atoms with Gasteiger partial charge in [-0.05, 0) is 18.2 Å². The van der Waals surface area contributed by atoms with Gasteiger partial charge in [0.25, 0.3) is 0 Å². The number of methoxy groups -OCH3 is 2. The number of benzene rings is 1. The van der Waals surface area contributed by atoms with E-state index in [1.807, 2.05) is 6.07 Å². The van der Waals surface area contributed by atoms with Gasteiger partial charge in [-0.15, -0.1) is 0 Å². The maximum Gasteiger partial charge on any atom is 0.185 e. The normalized spacial score (nSPS) is 10.2. The second-order valence-corrected chi connectivity index (χ2v) is 5.18. The molecule has 4 nitrogen and oxygen atoms in total. The van der Waals surface area contributed by atoms with E-state index in [1.165, 1.54) is 0 Å². The van der Waals surface area contributed by atoms with Crippen molar-refractivity contribution >= 4 is 27.5 Å². The van der Waals surface area contributed by atoms with Gasteiger partial charge in [0, 0.05) is 16.7 Å². The summed E-state index contributed by atoms with van der Waals surface area (Å²) >= 11 is 9.45. The number of pyridine rings is 1. The van der Waals surface area contributed by atoms with E-state index >= 15 is 0 Å². The first-order chi connectivity index (χ1) is 9.65. The summed E-state index contributed by atoms with van der Waals surface area (Å²) in [5.74, 6) is 1.75. The molecule has 0 bridgehead atoms. The third-order valence-corrected chi connectivity index (χ3v) is 3.43. The van der Waals surface area contributed by atoms with Crippen LogP contribution in [0.4, 0.5) is 0 Å². The molecule has 0 aliphatic rings. The monoisotopic (exact) mass is 357 g/mol. The van der Waals surface area contributed by atoms with Crippen molar-refractivity contribution in [2.24, 2.45) is 0 Å². The minimum Gasteiger partial charge on any atom is -0.493 e. The van der Waals surface area contributed by atoms with Crippen LogP contribution in [0.1, 0.15) is 5.69 Å². The van der Waals surface area contributed by atoms with Crippen LogP contribution in [0.15, 0.2) is 34.9 Å². The molecule has 1 heterocycles. The van der Waals surface area contributed by atoms with Gasteiger partial charge in [-0.3, -0.25) is 4.98 Å². The summed E-state index contributed by atoms with van der Waals surface area (Å²) in [5, 5.41) is 0.537. The summed E-state index contributed by atoms with van der Waals surface area (Å²) in [7, 11) is 3.14. The minimum absolute atomic E-state index is 0.233. The molecular weight excluding hydrogens is 346 g/mol. The SMILES string of the molecule is COc1ccnc(COc2cc(Br)ccc2Cl)c1OC. The summed E-state index contributed by atoms with van der Waals surface area (Å²) in [6.07, 6.45) is 1.64. The maximum absolute atomic E-state index is 6.07. The van der Waals surface area contributed by atoms with Crippen molar-refractivity contribution in [3.8, 4) is 17.2 Å². The zero-order valence-electron chi connectivity index (χ0n) is 11.0. The third kappa shape index (κ3) is 3.35. The lowest BCUT2D eigenvalue weighted by molar-refractivity contribution is 0.285. The van der Waals surface area contributed by atoms with Crippen LogP contribution in [0.25, 0.3) is 0 Å². The summed E-state index contributed by atoms with van der Waals surface area (Å²) in [5.41, 5.74) is 0.642. The number of halogens is 2. The largest absolute Gasteiger partial charge is 0.493 e. The standard InChI is InChI=1S/C14H13BrClNO3/c1-18-12-5-6-17-11(14(12)19-2)8-20-13-7-9(15)3-4-10(13)16/h3-7H,8H2,1-2H3. The predicted octanol–water partition coefficient (Wildman–Crippen LogP) is 4.09. The lowest BCUT2D eigenvalue weighted by Gasteiger charge is -2.13. The van der Waals surface area contributed by atoms with E-state index in [2.05, 4.69) is 20.9 Å². The van der Waals surface area contributed by atoms with E-state index in [0.717, 1.165) is 4.47 Å². The molecule has 1 aromatic carbocycles. The van der Waals surface area contributed by atoms with Crippen LogP contribution in [0.3, 0.4) is 0 Å². The van der Waals surface area contributed by atoms with Crippen LogP contribution in [0.5, 0.6) is 17.2 Å². The molecule has 0 atom stereocenters. The predicted molar refractivity (Wildman–Crippen MR) is 80.8 cm³/mol. The zero-order valence-corrected chi connectivity index (χ0v) is 13.4. The van der Waals surface area contributed by atoms with Crippen LogP contribution < -0.4 is 14.2 Å². The number of hydrogen-bond donors (Lipinski definition) is 0. The molecule has 0 fully saturated rings. The fourth-order valence-corrected chi connectivity index (χ4v) is 2.20. The van der Waals surface area contributed by atoms with Crippen LogP contribution in [-0.2, 0) is 6.61 Å². The fourth-order valence-electron chi connectivity index (χ4n) is 1.69. The summed E-state index contributed by atoms with van der Waals surface area (Å²) in [6, 6.07) is 7.14. The number of nitrogens with zero attached hydrogens (tertiary/aromatic N) is 1. The third-order valence-electron chi connectivity index (χ3n) is 2.62. The molecule has 6 heteroatoms. The molecule has 0 saturated carbocycles. The van der Waals surface area contributed by atoms with Gasteiger partial charge >= 0.3 is 0 Å². The Kier molecular flexibility index (Phi) is 5.09. The summed E-state index contributed by atoms with van der Waals surface area (Å²) in [4.78, 5) is 4.24. The Morgan fingerprint density at radius 2 is 1.95 bits per heavy atom. The molecule has 2 aromatic rings. The number of ether oxygens (including phenoxy) is 3. The molecule has 0 spiro atoms. The van der Waals surface area contributed by atoms with Crippen LogP contribution in [0.2, 0.25) is 5.02 Å². The molecule has 0 amide bonds. The topological polar surface area (TPSA) is 40.6 Å². The first-order valence-electron chi connectivity index (χ1n) is 5.79. The number of rotatable bonds is 5. The van der Waals surface area contributed by atoms with E-state index in [4.69, 9.17) is 25.8 Å². The summed E-state index contributed by atoms with van der Waals surface area (Å²) < 4.78 is 17.1. The van der Waals surface area contributed by atoms with Crippen molar-refractivity contribution in [1.82, 2.24) is 4.98 Å². The Labute approximate surface area is 130 Å².